The summed E-state index contributed by atoms with van der Waals surface area (Å²) in [5.74, 6) is 0. The van der Waals surface area contributed by atoms with Crippen LogP contribution in [0.4, 0.5) is 0 Å². The van der Waals surface area contributed by atoms with Crippen LogP contribution in [0.25, 0.3) is 0 Å². The molecule has 1 aromatic carbocycles. The first kappa shape index (κ1) is 14.7. The van der Waals surface area contributed by atoms with Crippen LogP contribution in [0.2, 0.25) is 0 Å². The van der Waals surface area contributed by atoms with Gasteiger partial charge in [0, 0.05) is 6.54 Å². The molecule has 0 aromatic heterocycles. The Morgan fingerprint density at radius 3 is 2.44 bits per heavy atom. The van der Waals surface area contributed by atoms with E-state index in [1.54, 1.807) is 0 Å². The summed E-state index contributed by atoms with van der Waals surface area (Å²) in [5.41, 5.74) is 2.95. The Bertz CT molecular complexity index is 399. The quantitative estimate of drug-likeness (QED) is 0.745. The average Bonchev–Trinajstić information content (AvgIpc) is 2.35. The van der Waals surface area contributed by atoms with Crippen molar-refractivity contribution < 1.29 is 0 Å². The van der Waals surface area contributed by atoms with E-state index in [1.165, 1.54) is 11.1 Å². The molecule has 0 spiro atoms. The van der Waals surface area contributed by atoms with E-state index in [4.69, 9.17) is 0 Å². The second kappa shape index (κ2) is 7.17. The third kappa shape index (κ3) is 4.50. The molecule has 98 valence electrons. The standard InChI is InChI=1S/C17H25N/c1-5-16(12-9-13-18-4)17(2,3)14-15-10-7-6-8-11-15/h5-12,18H,13-14H2,1-4H3/b12-9-,16-5+. The van der Waals surface area contributed by atoms with Gasteiger partial charge in [0.1, 0.15) is 0 Å². The predicted molar refractivity (Wildman–Crippen MR) is 80.8 cm³/mol. The topological polar surface area (TPSA) is 12.0 Å². The molecule has 0 fully saturated rings. The van der Waals surface area contributed by atoms with Gasteiger partial charge >= 0.3 is 0 Å². The number of nitrogens with one attached hydrogen (secondary N) is 1. The van der Waals surface area contributed by atoms with Crippen molar-refractivity contribution in [2.24, 2.45) is 5.41 Å². The summed E-state index contributed by atoms with van der Waals surface area (Å²) >= 11 is 0. The Kier molecular flexibility index (Phi) is 5.87. The maximum atomic E-state index is 3.13. The first-order valence-corrected chi connectivity index (χ1v) is 6.62. The molecule has 0 saturated heterocycles. The van der Waals surface area contributed by atoms with Crippen molar-refractivity contribution in [2.45, 2.75) is 27.2 Å². The van der Waals surface area contributed by atoms with Gasteiger partial charge in [0.25, 0.3) is 0 Å². The number of allylic oxidation sites excluding steroid dienone is 3. The molecule has 1 heteroatoms. The van der Waals surface area contributed by atoms with E-state index < -0.39 is 0 Å². The fraction of sp³-hybridized carbons (Fsp3) is 0.412. The highest BCUT2D eigenvalue weighted by atomic mass is 14.8. The number of hydrogen-bond acceptors (Lipinski definition) is 1. The van der Waals surface area contributed by atoms with Crippen LogP contribution < -0.4 is 5.32 Å². The van der Waals surface area contributed by atoms with E-state index in [1.807, 2.05) is 7.05 Å². The molecule has 0 bridgehead atoms. The Morgan fingerprint density at radius 2 is 1.89 bits per heavy atom. The summed E-state index contributed by atoms with van der Waals surface area (Å²) in [6.07, 6.45) is 7.70. The van der Waals surface area contributed by atoms with Gasteiger partial charge in [-0.3, -0.25) is 0 Å². The number of benzene rings is 1. The third-order valence-corrected chi connectivity index (χ3v) is 3.20. The lowest BCUT2D eigenvalue weighted by Gasteiger charge is -2.26. The van der Waals surface area contributed by atoms with Crippen LogP contribution in [0.15, 0.2) is 54.1 Å². The minimum absolute atomic E-state index is 0.167. The summed E-state index contributed by atoms with van der Waals surface area (Å²) in [6, 6.07) is 10.7. The second-order valence-electron chi connectivity index (χ2n) is 5.25. The molecule has 0 aliphatic heterocycles. The molecule has 0 aliphatic rings. The summed E-state index contributed by atoms with van der Waals surface area (Å²) in [4.78, 5) is 0. The fourth-order valence-electron chi connectivity index (χ4n) is 2.22. The molecular weight excluding hydrogens is 218 g/mol. The van der Waals surface area contributed by atoms with Gasteiger partial charge in [-0.05, 0) is 36.9 Å². The van der Waals surface area contributed by atoms with E-state index in [-0.39, 0.29) is 5.41 Å². The van der Waals surface area contributed by atoms with Crippen LogP contribution in [0.3, 0.4) is 0 Å². The normalized spacial score (nSPS) is 13.2. The van der Waals surface area contributed by atoms with Crippen LogP contribution in [0, 0.1) is 5.41 Å². The van der Waals surface area contributed by atoms with Gasteiger partial charge in [-0.2, -0.15) is 0 Å². The largest absolute Gasteiger partial charge is 0.316 e. The van der Waals surface area contributed by atoms with E-state index >= 15 is 0 Å². The zero-order valence-corrected chi connectivity index (χ0v) is 12.0. The van der Waals surface area contributed by atoms with Gasteiger partial charge in [-0.1, -0.05) is 62.4 Å². The molecular formula is C17H25N. The third-order valence-electron chi connectivity index (χ3n) is 3.20. The highest BCUT2D eigenvalue weighted by molar-refractivity contribution is 5.28. The van der Waals surface area contributed by atoms with Crippen LogP contribution in [0.5, 0.6) is 0 Å². The van der Waals surface area contributed by atoms with E-state index in [9.17, 15) is 0 Å². The van der Waals surface area contributed by atoms with Crippen molar-refractivity contribution in [2.75, 3.05) is 13.6 Å². The van der Waals surface area contributed by atoms with Gasteiger partial charge in [-0.25, -0.2) is 0 Å². The highest BCUT2D eigenvalue weighted by Crippen LogP contribution is 2.31. The van der Waals surface area contributed by atoms with Gasteiger partial charge in [0.05, 0.1) is 0 Å². The van der Waals surface area contributed by atoms with Crippen molar-refractivity contribution in [3.63, 3.8) is 0 Å². The first-order valence-electron chi connectivity index (χ1n) is 6.62. The number of rotatable bonds is 6. The Morgan fingerprint density at radius 1 is 1.22 bits per heavy atom. The van der Waals surface area contributed by atoms with Crippen LogP contribution in [-0.4, -0.2) is 13.6 Å². The smallest absolute Gasteiger partial charge is 0.0135 e. The lowest BCUT2D eigenvalue weighted by molar-refractivity contribution is 0.453. The van der Waals surface area contributed by atoms with Crippen molar-refractivity contribution in [1.29, 1.82) is 0 Å². The molecule has 0 amide bonds. The molecule has 18 heavy (non-hydrogen) atoms. The molecule has 0 atom stereocenters. The lowest BCUT2D eigenvalue weighted by atomic mass is 9.78. The minimum Gasteiger partial charge on any atom is -0.316 e. The maximum absolute atomic E-state index is 3.13. The number of hydrogen-bond donors (Lipinski definition) is 1. The average molecular weight is 243 g/mol. The summed E-state index contributed by atoms with van der Waals surface area (Å²) in [5, 5.41) is 3.13. The van der Waals surface area contributed by atoms with Gasteiger partial charge < -0.3 is 5.32 Å². The molecule has 0 aliphatic carbocycles. The Labute approximate surface area is 112 Å². The first-order chi connectivity index (χ1) is 8.60. The summed E-state index contributed by atoms with van der Waals surface area (Å²) < 4.78 is 0. The molecule has 1 N–H and O–H groups in total. The van der Waals surface area contributed by atoms with Crippen molar-refractivity contribution in [1.82, 2.24) is 5.32 Å². The molecule has 1 rings (SSSR count). The van der Waals surface area contributed by atoms with Crippen LogP contribution >= 0.6 is 0 Å². The monoisotopic (exact) mass is 243 g/mol. The minimum atomic E-state index is 0.167. The van der Waals surface area contributed by atoms with E-state index in [2.05, 4.69) is 74.6 Å². The van der Waals surface area contributed by atoms with Crippen molar-refractivity contribution >= 4 is 0 Å². The van der Waals surface area contributed by atoms with Gasteiger partial charge in [0.15, 0.2) is 0 Å². The Balaban J connectivity index is 2.77. The van der Waals surface area contributed by atoms with Crippen LogP contribution in [-0.2, 0) is 6.42 Å². The molecule has 0 unspecified atom stereocenters. The zero-order valence-electron chi connectivity index (χ0n) is 12.0. The van der Waals surface area contributed by atoms with Crippen molar-refractivity contribution in [3.8, 4) is 0 Å². The SMILES string of the molecule is C/C=C(\C=C/CNC)C(C)(C)Cc1ccccc1. The zero-order chi connectivity index (χ0) is 13.4. The van der Waals surface area contributed by atoms with Gasteiger partial charge in [-0.15, -0.1) is 0 Å². The van der Waals surface area contributed by atoms with E-state index in [0.717, 1.165) is 13.0 Å². The predicted octanol–water partition coefficient (Wildman–Crippen LogP) is 3.98. The second-order valence-corrected chi connectivity index (χ2v) is 5.25. The molecule has 0 saturated carbocycles. The lowest BCUT2D eigenvalue weighted by Crippen LogP contribution is -2.17. The fourth-order valence-corrected chi connectivity index (χ4v) is 2.22. The molecule has 0 radical (unpaired) electrons. The Hall–Kier alpha value is -1.34. The molecule has 1 aromatic rings. The molecule has 1 nitrogen and oxygen atoms in total. The summed E-state index contributed by atoms with van der Waals surface area (Å²) in [6.45, 7) is 7.64. The molecule has 0 heterocycles. The highest BCUT2D eigenvalue weighted by Gasteiger charge is 2.21. The van der Waals surface area contributed by atoms with Crippen LogP contribution in [0.1, 0.15) is 26.3 Å². The van der Waals surface area contributed by atoms with E-state index in [0.29, 0.717) is 0 Å². The van der Waals surface area contributed by atoms with Gasteiger partial charge in [0.2, 0.25) is 0 Å². The maximum Gasteiger partial charge on any atom is 0.0135 e. The number of likely N-dealkylation sites (N-methyl/N-ethyl adjacent to an activating group) is 1. The van der Waals surface area contributed by atoms with Crippen molar-refractivity contribution in [3.05, 3.63) is 59.7 Å². The summed E-state index contributed by atoms with van der Waals surface area (Å²) in [7, 11) is 1.97.